The smallest absolute Gasteiger partial charge is 0.125 e. The predicted molar refractivity (Wildman–Crippen MR) is 80.0 cm³/mol. The Morgan fingerprint density at radius 3 is 2.45 bits per heavy atom. The second-order valence-corrected chi connectivity index (χ2v) is 5.06. The Bertz CT molecular complexity index is 496. The van der Waals surface area contributed by atoms with Gasteiger partial charge in [-0.2, -0.15) is 0 Å². The zero-order valence-corrected chi connectivity index (χ0v) is 12.3. The maximum atomic E-state index is 4.27. The first-order valence-corrected chi connectivity index (χ1v) is 7.16. The number of rotatable bonds is 7. The maximum absolute atomic E-state index is 4.27. The van der Waals surface area contributed by atoms with Crippen molar-refractivity contribution in [1.82, 2.24) is 19.9 Å². The second-order valence-electron chi connectivity index (χ2n) is 5.06. The van der Waals surface area contributed by atoms with Crippen molar-refractivity contribution in [2.45, 2.75) is 39.8 Å². The van der Waals surface area contributed by atoms with E-state index in [1.54, 1.807) is 0 Å². The number of hydrogen-bond acceptors (Lipinski definition) is 4. The number of nitrogens with zero attached hydrogens (tertiary/aromatic N) is 4. The van der Waals surface area contributed by atoms with Crippen LogP contribution in [-0.4, -0.2) is 26.4 Å². The Labute approximate surface area is 120 Å². The minimum absolute atomic E-state index is 0.820. The van der Waals surface area contributed by atoms with Gasteiger partial charge in [0.2, 0.25) is 0 Å². The Morgan fingerprint density at radius 1 is 1.05 bits per heavy atom. The third kappa shape index (κ3) is 4.70. The molecule has 0 amide bonds. The molecule has 2 rings (SSSR count). The quantitative estimate of drug-likeness (QED) is 0.775. The summed E-state index contributed by atoms with van der Waals surface area (Å²) in [7, 11) is 0. The maximum Gasteiger partial charge on any atom is 0.125 e. The minimum Gasteiger partial charge on any atom is -0.295 e. The van der Waals surface area contributed by atoms with Crippen molar-refractivity contribution < 1.29 is 0 Å². The van der Waals surface area contributed by atoms with E-state index in [4.69, 9.17) is 0 Å². The number of aryl methyl sites for hydroxylation is 1. The molecule has 0 aromatic carbocycles. The molecule has 106 valence electrons. The third-order valence-corrected chi connectivity index (χ3v) is 3.20. The van der Waals surface area contributed by atoms with Crippen molar-refractivity contribution in [1.29, 1.82) is 0 Å². The van der Waals surface area contributed by atoms with E-state index in [9.17, 15) is 0 Å². The number of aromatic nitrogens is 3. The van der Waals surface area contributed by atoms with E-state index < -0.39 is 0 Å². The van der Waals surface area contributed by atoms with E-state index in [0.29, 0.717) is 0 Å². The summed E-state index contributed by atoms with van der Waals surface area (Å²) in [4.78, 5) is 15.1. The largest absolute Gasteiger partial charge is 0.295 e. The van der Waals surface area contributed by atoms with E-state index in [2.05, 4.69) is 32.8 Å². The molecule has 0 radical (unpaired) electrons. The Kier molecular flexibility index (Phi) is 5.62. The third-order valence-electron chi connectivity index (χ3n) is 3.20. The fraction of sp³-hybridized carbons (Fsp3) is 0.438. The van der Waals surface area contributed by atoms with E-state index >= 15 is 0 Å². The first-order chi connectivity index (χ1) is 9.78. The monoisotopic (exact) mass is 270 g/mol. The van der Waals surface area contributed by atoms with Gasteiger partial charge in [-0.25, -0.2) is 9.97 Å². The van der Waals surface area contributed by atoms with Gasteiger partial charge in [-0.3, -0.25) is 9.88 Å². The van der Waals surface area contributed by atoms with Crippen LogP contribution in [0.25, 0.3) is 0 Å². The van der Waals surface area contributed by atoms with Crippen LogP contribution in [0.1, 0.15) is 36.7 Å². The Morgan fingerprint density at radius 2 is 1.80 bits per heavy atom. The van der Waals surface area contributed by atoms with Crippen LogP contribution in [0.3, 0.4) is 0 Å². The van der Waals surface area contributed by atoms with Gasteiger partial charge in [-0.05, 0) is 31.5 Å². The number of hydrogen-bond donors (Lipinski definition) is 0. The van der Waals surface area contributed by atoms with Crippen LogP contribution in [0.4, 0.5) is 0 Å². The summed E-state index contributed by atoms with van der Waals surface area (Å²) in [5.41, 5.74) is 2.41. The van der Waals surface area contributed by atoms with Gasteiger partial charge in [0.25, 0.3) is 0 Å². The molecule has 4 heteroatoms. The summed E-state index contributed by atoms with van der Waals surface area (Å²) < 4.78 is 0. The molecule has 0 unspecified atom stereocenters. The average molecular weight is 270 g/mol. The van der Waals surface area contributed by atoms with Crippen molar-refractivity contribution in [2.75, 3.05) is 6.54 Å². The minimum atomic E-state index is 0.820. The lowest BCUT2D eigenvalue weighted by Gasteiger charge is -2.22. The van der Waals surface area contributed by atoms with Crippen LogP contribution in [0, 0.1) is 6.92 Å². The molecule has 0 saturated heterocycles. The zero-order valence-electron chi connectivity index (χ0n) is 12.3. The van der Waals surface area contributed by atoms with Crippen molar-refractivity contribution in [3.05, 3.63) is 53.9 Å². The van der Waals surface area contributed by atoms with E-state index in [-0.39, 0.29) is 0 Å². The molecule has 0 saturated carbocycles. The van der Waals surface area contributed by atoms with E-state index in [0.717, 1.165) is 31.0 Å². The molecule has 0 aliphatic heterocycles. The molecule has 2 aromatic rings. The van der Waals surface area contributed by atoms with Gasteiger partial charge >= 0.3 is 0 Å². The van der Waals surface area contributed by atoms with Crippen LogP contribution in [-0.2, 0) is 13.1 Å². The van der Waals surface area contributed by atoms with Gasteiger partial charge in [0.15, 0.2) is 0 Å². The van der Waals surface area contributed by atoms with Gasteiger partial charge in [0.1, 0.15) is 5.82 Å². The van der Waals surface area contributed by atoms with Gasteiger partial charge in [0, 0.05) is 43.4 Å². The summed E-state index contributed by atoms with van der Waals surface area (Å²) in [6.45, 7) is 7.02. The first kappa shape index (κ1) is 14.6. The zero-order chi connectivity index (χ0) is 14.2. The lowest BCUT2D eigenvalue weighted by atomic mass is 10.2. The molecule has 0 atom stereocenters. The average Bonchev–Trinajstić information content (AvgIpc) is 2.48. The van der Waals surface area contributed by atoms with Crippen LogP contribution in [0.2, 0.25) is 0 Å². The fourth-order valence-corrected chi connectivity index (χ4v) is 2.10. The highest BCUT2D eigenvalue weighted by Gasteiger charge is 2.07. The molecule has 4 nitrogen and oxygen atoms in total. The molecule has 20 heavy (non-hydrogen) atoms. The molecule has 0 bridgehead atoms. The predicted octanol–water partition coefficient (Wildman–Crippen LogP) is 2.98. The van der Waals surface area contributed by atoms with E-state index in [1.165, 1.54) is 18.4 Å². The molecule has 0 spiro atoms. The standard InChI is InChI=1S/C16H22N4/c1-3-4-8-20(12-15-6-5-7-17-9-15)13-16-10-18-14(2)19-11-16/h5-7,9-11H,3-4,8,12-13H2,1-2H3. The molecular weight excluding hydrogens is 248 g/mol. The van der Waals surface area contributed by atoms with Crippen molar-refractivity contribution in [3.8, 4) is 0 Å². The lowest BCUT2D eigenvalue weighted by molar-refractivity contribution is 0.251. The Hall–Kier alpha value is -1.81. The van der Waals surface area contributed by atoms with Crippen molar-refractivity contribution in [2.24, 2.45) is 0 Å². The summed E-state index contributed by atoms with van der Waals surface area (Å²) in [5, 5.41) is 0. The molecule has 0 aliphatic carbocycles. The highest BCUT2D eigenvalue weighted by atomic mass is 15.1. The van der Waals surface area contributed by atoms with E-state index in [1.807, 2.05) is 37.8 Å². The molecule has 2 aromatic heterocycles. The first-order valence-electron chi connectivity index (χ1n) is 7.16. The summed E-state index contributed by atoms with van der Waals surface area (Å²) in [5.74, 6) is 0.820. The number of pyridine rings is 1. The molecular formula is C16H22N4. The van der Waals surface area contributed by atoms with Crippen LogP contribution in [0.5, 0.6) is 0 Å². The lowest BCUT2D eigenvalue weighted by Crippen LogP contribution is -2.24. The Balaban J connectivity index is 2.01. The highest BCUT2D eigenvalue weighted by molar-refractivity contribution is 5.09. The SMILES string of the molecule is CCCCN(Cc1cccnc1)Cc1cnc(C)nc1. The number of unbranched alkanes of at least 4 members (excludes halogenated alkanes) is 1. The fourth-order valence-electron chi connectivity index (χ4n) is 2.10. The topological polar surface area (TPSA) is 41.9 Å². The summed E-state index contributed by atoms with van der Waals surface area (Å²) in [6.07, 6.45) is 9.99. The molecule has 0 fully saturated rings. The molecule has 0 N–H and O–H groups in total. The second kappa shape index (κ2) is 7.70. The normalized spacial score (nSPS) is 10.9. The van der Waals surface area contributed by atoms with Crippen LogP contribution >= 0.6 is 0 Å². The van der Waals surface area contributed by atoms with Crippen LogP contribution < -0.4 is 0 Å². The van der Waals surface area contributed by atoms with Crippen molar-refractivity contribution >= 4 is 0 Å². The summed E-state index contributed by atoms with van der Waals surface area (Å²) >= 11 is 0. The van der Waals surface area contributed by atoms with Gasteiger partial charge < -0.3 is 0 Å². The van der Waals surface area contributed by atoms with Gasteiger partial charge in [-0.15, -0.1) is 0 Å². The van der Waals surface area contributed by atoms with Gasteiger partial charge in [0.05, 0.1) is 0 Å². The summed E-state index contributed by atoms with van der Waals surface area (Å²) in [6, 6.07) is 4.11. The van der Waals surface area contributed by atoms with Crippen LogP contribution in [0.15, 0.2) is 36.9 Å². The molecule has 2 heterocycles. The van der Waals surface area contributed by atoms with Crippen molar-refractivity contribution in [3.63, 3.8) is 0 Å². The molecule has 0 aliphatic rings. The highest BCUT2D eigenvalue weighted by Crippen LogP contribution is 2.09. The van der Waals surface area contributed by atoms with Gasteiger partial charge in [-0.1, -0.05) is 19.4 Å².